The lowest BCUT2D eigenvalue weighted by atomic mass is 10.6. The lowest BCUT2D eigenvalue weighted by molar-refractivity contribution is -0.129. The number of hydrogen-bond acceptors (Lipinski definition) is 4. The van der Waals surface area contributed by atoms with Crippen LogP contribution in [0.3, 0.4) is 0 Å². The van der Waals surface area contributed by atoms with Crippen molar-refractivity contribution in [2.24, 2.45) is 9.98 Å². The van der Waals surface area contributed by atoms with Gasteiger partial charge in [-0.25, -0.2) is 9.59 Å². The van der Waals surface area contributed by atoms with E-state index >= 15 is 0 Å². The van der Waals surface area contributed by atoms with Gasteiger partial charge in [0.05, 0.1) is 13.1 Å². The fourth-order valence-electron chi connectivity index (χ4n) is 0.401. The van der Waals surface area contributed by atoms with Crippen molar-refractivity contribution in [2.75, 3.05) is 13.1 Å². The Morgan fingerprint density at radius 1 is 1.00 bits per heavy atom. The minimum absolute atomic E-state index is 0.177. The van der Waals surface area contributed by atoms with E-state index in [4.69, 9.17) is 10.2 Å². The average Bonchev–Trinajstić information content (AvgIpc) is 1.95. The standard InChI is InChI=1S/C6H8N2O4/c9-5(10)3-7-1-2-8-4-6(11)12/h3-4H,1-2H2,(H,9,10)(H,11,12). The normalized spacial score (nSPS) is 11.0. The first-order chi connectivity index (χ1) is 5.63. The maximum atomic E-state index is 9.86. The van der Waals surface area contributed by atoms with Gasteiger partial charge in [-0.2, -0.15) is 0 Å². The quantitative estimate of drug-likeness (QED) is 0.423. The van der Waals surface area contributed by atoms with Crippen molar-refractivity contribution in [2.45, 2.75) is 0 Å². The second-order valence-corrected chi connectivity index (χ2v) is 1.75. The van der Waals surface area contributed by atoms with E-state index in [-0.39, 0.29) is 13.1 Å². The summed E-state index contributed by atoms with van der Waals surface area (Å²) in [6.07, 6.45) is 1.49. The van der Waals surface area contributed by atoms with Crippen LogP contribution in [-0.2, 0) is 9.59 Å². The molecule has 6 heteroatoms. The molecule has 66 valence electrons. The molecule has 0 bridgehead atoms. The van der Waals surface area contributed by atoms with E-state index in [0.29, 0.717) is 0 Å². The zero-order chi connectivity index (χ0) is 9.40. The molecule has 0 aliphatic carbocycles. The highest BCUT2D eigenvalue weighted by Gasteiger charge is 1.86. The molecule has 0 spiro atoms. The van der Waals surface area contributed by atoms with E-state index in [0.717, 1.165) is 12.4 Å². The van der Waals surface area contributed by atoms with E-state index < -0.39 is 11.9 Å². The second-order valence-electron chi connectivity index (χ2n) is 1.75. The molecule has 12 heavy (non-hydrogen) atoms. The Balaban J connectivity index is 3.45. The molecular formula is C6H8N2O4. The van der Waals surface area contributed by atoms with Crippen molar-refractivity contribution >= 4 is 24.4 Å². The Hall–Kier alpha value is -1.72. The molecule has 2 N–H and O–H groups in total. The molecule has 0 aromatic heterocycles. The van der Waals surface area contributed by atoms with Gasteiger partial charge in [-0.1, -0.05) is 0 Å². The van der Waals surface area contributed by atoms with Gasteiger partial charge in [0.1, 0.15) is 12.4 Å². The maximum absolute atomic E-state index is 9.86. The minimum Gasteiger partial charge on any atom is -0.477 e. The molecule has 0 radical (unpaired) electrons. The van der Waals surface area contributed by atoms with Crippen molar-refractivity contribution in [1.82, 2.24) is 0 Å². The van der Waals surface area contributed by atoms with Crippen LogP contribution in [0.25, 0.3) is 0 Å². The number of aliphatic imine (C=N–C) groups is 2. The summed E-state index contributed by atoms with van der Waals surface area (Å²) >= 11 is 0. The molecule has 0 saturated carbocycles. The molecule has 0 unspecified atom stereocenters. The topological polar surface area (TPSA) is 99.3 Å². The fourth-order valence-corrected chi connectivity index (χ4v) is 0.401. The first-order valence-electron chi connectivity index (χ1n) is 3.08. The predicted octanol–water partition coefficient (Wildman–Crippen LogP) is -0.703. The fraction of sp³-hybridized carbons (Fsp3) is 0.333. The number of carboxylic acid groups (broad SMARTS) is 2. The largest absolute Gasteiger partial charge is 0.477 e. The zero-order valence-electron chi connectivity index (χ0n) is 6.17. The minimum atomic E-state index is -1.13. The SMILES string of the molecule is O=C(O)C=NCCN=CC(=O)O. The first kappa shape index (κ1) is 10.3. The third kappa shape index (κ3) is 8.28. The van der Waals surface area contributed by atoms with Crippen LogP contribution >= 0.6 is 0 Å². The second kappa shape index (κ2) is 6.02. The molecule has 0 heterocycles. The maximum Gasteiger partial charge on any atom is 0.346 e. The Morgan fingerprint density at radius 2 is 1.33 bits per heavy atom. The number of rotatable bonds is 5. The molecule has 0 amide bonds. The van der Waals surface area contributed by atoms with Crippen LogP contribution in [0.15, 0.2) is 9.98 Å². The Morgan fingerprint density at radius 3 is 1.58 bits per heavy atom. The highest BCUT2D eigenvalue weighted by atomic mass is 16.4. The van der Waals surface area contributed by atoms with Crippen molar-refractivity contribution in [1.29, 1.82) is 0 Å². The van der Waals surface area contributed by atoms with E-state index in [1.807, 2.05) is 0 Å². The summed E-state index contributed by atoms with van der Waals surface area (Å²) in [5.41, 5.74) is 0. The molecule has 0 atom stereocenters. The van der Waals surface area contributed by atoms with Crippen LogP contribution in [0.2, 0.25) is 0 Å². The Bertz CT molecular complexity index is 198. The van der Waals surface area contributed by atoms with E-state index in [2.05, 4.69) is 9.98 Å². The van der Waals surface area contributed by atoms with E-state index in [1.54, 1.807) is 0 Å². The van der Waals surface area contributed by atoms with Gasteiger partial charge < -0.3 is 10.2 Å². The molecule has 0 aliphatic heterocycles. The summed E-state index contributed by atoms with van der Waals surface area (Å²) < 4.78 is 0. The van der Waals surface area contributed by atoms with Gasteiger partial charge in [-0.3, -0.25) is 9.98 Å². The lowest BCUT2D eigenvalue weighted by Gasteiger charge is -1.85. The third-order valence-electron chi connectivity index (χ3n) is 0.762. The van der Waals surface area contributed by atoms with Gasteiger partial charge in [0.25, 0.3) is 0 Å². The number of carbonyl (C=O) groups is 2. The zero-order valence-corrected chi connectivity index (χ0v) is 6.17. The summed E-state index contributed by atoms with van der Waals surface area (Å²) in [6, 6.07) is 0. The van der Waals surface area contributed by atoms with Gasteiger partial charge in [0, 0.05) is 0 Å². The average molecular weight is 172 g/mol. The van der Waals surface area contributed by atoms with E-state index in [1.165, 1.54) is 0 Å². The summed E-state index contributed by atoms with van der Waals surface area (Å²) in [4.78, 5) is 26.6. The van der Waals surface area contributed by atoms with Gasteiger partial charge in [0.15, 0.2) is 0 Å². The van der Waals surface area contributed by atoms with Crippen LogP contribution in [0.5, 0.6) is 0 Å². The van der Waals surface area contributed by atoms with Crippen LogP contribution in [0.1, 0.15) is 0 Å². The van der Waals surface area contributed by atoms with Crippen molar-refractivity contribution in [3.8, 4) is 0 Å². The molecule has 0 saturated heterocycles. The van der Waals surface area contributed by atoms with Crippen LogP contribution < -0.4 is 0 Å². The smallest absolute Gasteiger partial charge is 0.346 e. The Labute approximate surface area is 68.3 Å². The van der Waals surface area contributed by atoms with Crippen LogP contribution in [0, 0.1) is 0 Å². The number of hydrogen-bond donors (Lipinski definition) is 2. The van der Waals surface area contributed by atoms with Gasteiger partial charge in [-0.15, -0.1) is 0 Å². The summed E-state index contributed by atoms with van der Waals surface area (Å²) in [5, 5.41) is 16.2. The van der Waals surface area contributed by atoms with Crippen molar-refractivity contribution < 1.29 is 19.8 Å². The highest BCUT2D eigenvalue weighted by molar-refractivity contribution is 6.22. The highest BCUT2D eigenvalue weighted by Crippen LogP contribution is 1.71. The number of nitrogens with zero attached hydrogens (tertiary/aromatic N) is 2. The molecule has 0 aromatic carbocycles. The van der Waals surface area contributed by atoms with Gasteiger partial charge in [-0.05, 0) is 0 Å². The predicted molar refractivity (Wildman–Crippen MR) is 42.0 cm³/mol. The number of carboxylic acids is 2. The van der Waals surface area contributed by atoms with Crippen LogP contribution in [0.4, 0.5) is 0 Å². The molecule has 6 nitrogen and oxygen atoms in total. The number of aliphatic carboxylic acids is 2. The third-order valence-corrected chi connectivity index (χ3v) is 0.762. The van der Waals surface area contributed by atoms with E-state index in [9.17, 15) is 9.59 Å². The first-order valence-corrected chi connectivity index (χ1v) is 3.08. The molecule has 0 aromatic rings. The monoisotopic (exact) mass is 172 g/mol. The van der Waals surface area contributed by atoms with Crippen molar-refractivity contribution in [3.05, 3.63) is 0 Å². The molecule has 0 fully saturated rings. The van der Waals surface area contributed by atoms with Crippen molar-refractivity contribution in [3.63, 3.8) is 0 Å². The summed E-state index contributed by atoms with van der Waals surface area (Å²) in [5.74, 6) is -2.26. The van der Waals surface area contributed by atoms with Gasteiger partial charge in [0.2, 0.25) is 0 Å². The van der Waals surface area contributed by atoms with Gasteiger partial charge >= 0.3 is 11.9 Å². The van der Waals surface area contributed by atoms with Crippen LogP contribution in [-0.4, -0.2) is 47.7 Å². The Kier molecular flexibility index (Phi) is 5.16. The summed E-state index contributed by atoms with van der Waals surface area (Å²) in [7, 11) is 0. The lowest BCUT2D eigenvalue weighted by Crippen LogP contribution is -1.99. The molecule has 0 rings (SSSR count). The molecular weight excluding hydrogens is 164 g/mol. The molecule has 0 aliphatic rings. The summed E-state index contributed by atoms with van der Waals surface area (Å²) in [6.45, 7) is 0.353.